The average Bonchev–Trinajstić information content (AvgIpc) is 3.36. The van der Waals surface area contributed by atoms with Crippen molar-refractivity contribution in [2.24, 2.45) is 50.7 Å². The number of aliphatic hydroxyl groups excluding tert-OH is 2. The highest BCUT2D eigenvalue weighted by molar-refractivity contribution is 7.80. The van der Waals surface area contributed by atoms with Crippen LogP contribution in [0.2, 0.25) is 0 Å². The summed E-state index contributed by atoms with van der Waals surface area (Å²) in [5.41, 5.74) is 1.36. The minimum absolute atomic E-state index is 0.133. The molecule has 0 saturated heterocycles. The summed E-state index contributed by atoms with van der Waals surface area (Å²) >= 11 is 0. The lowest BCUT2D eigenvalue weighted by molar-refractivity contribution is -0.170. The molecular formula is C30H49O6S-. The SMILES string of the molecule is CC(C)=C[C@H](O)C[C@@H](C)[C@H]1CC[C@@]2(C)[C@@H]3CCC4[C@@]5(CC[C@H](OS(=O)(=O)[O-])[C@@]4(C)CO)C[C@@]35CC[C@]12C. The van der Waals surface area contributed by atoms with Crippen LogP contribution in [-0.2, 0) is 14.6 Å². The van der Waals surface area contributed by atoms with E-state index < -0.39 is 21.9 Å². The Kier molecular flexibility index (Phi) is 6.65. The fourth-order valence-corrected chi connectivity index (χ4v) is 12.2. The lowest BCUT2D eigenvalue weighted by Crippen LogP contribution is -2.59. The third-order valence-corrected chi connectivity index (χ3v) is 13.8. The molecule has 0 aliphatic heterocycles. The van der Waals surface area contributed by atoms with Crippen LogP contribution in [0, 0.1) is 50.7 Å². The minimum atomic E-state index is -4.82. The molecule has 7 heteroatoms. The Balaban J connectivity index is 1.41. The van der Waals surface area contributed by atoms with Crippen LogP contribution >= 0.6 is 0 Å². The van der Waals surface area contributed by atoms with E-state index in [0.29, 0.717) is 24.2 Å². The van der Waals surface area contributed by atoms with Gasteiger partial charge in [0.15, 0.2) is 0 Å². The summed E-state index contributed by atoms with van der Waals surface area (Å²) < 4.78 is 39.6. The Labute approximate surface area is 224 Å². The quantitative estimate of drug-likeness (QED) is 0.249. The smallest absolute Gasteiger partial charge is 0.217 e. The van der Waals surface area contributed by atoms with E-state index in [1.54, 1.807) is 0 Å². The molecule has 2 N–H and O–H groups in total. The molecule has 0 aromatic rings. The van der Waals surface area contributed by atoms with Gasteiger partial charge in [0.25, 0.3) is 0 Å². The maximum atomic E-state index is 11.5. The summed E-state index contributed by atoms with van der Waals surface area (Å²) in [5, 5.41) is 21.2. The Morgan fingerprint density at radius 2 is 1.65 bits per heavy atom. The van der Waals surface area contributed by atoms with E-state index in [1.807, 2.05) is 26.8 Å². The highest BCUT2D eigenvalue weighted by Crippen LogP contribution is 2.89. The van der Waals surface area contributed by atoms with Gasteiger partial charge in [-0.25, -0.2) is 8.42 Å². The van der Waals surface area contributed by atoms with Crippen LogP contribution in [0.1, 0.15) is 106 Å². The molecule has 5 aliphatic rings. The van der Waals surface area contributed by atoms with Crippen molar-refractivity contribution in [1.29, 1.82) is 0 Å². The zero-order valence-electron chi connectivity index (χ0n) is 23.8. The van der Waals surface area contributed by atoms with Gasteiger partial charge in [-0.1, -0.05) is 39.3 Å². The van der Waals surface area contributed by atoms with Gasteiger partial charge in [0, 0.05) is 5.41 Å². The summed E-state index contributed by atoms with van der Waals surface area (Å²) in [5.74, 6) is 1.90. The van der Waals surface area contributed by atoms with Crippen molar-refractivity contribution < 1.29 is 27.4 Å². The van der Waals surface area contributed by atoms with Crippen LogP contribution in [0.15, 0.2) is 11.6 Å². The fourth-order valence-electron chi connectivity index (χ4n) is 11.6. The molecule has 5 fully saturated rings. The summed E-state index contributed by atoms with van der Waals surface area (Å²) in [6.07, 6.45) is 11.2. The minimum Gasteiger partial charge on any atom is -0.726 e. The van der Waals surface area contributed by atoms with Crippen LogP contribution < -0.4 is 0 Å². The first-order valence-corrected chi connectivity index (χ1v) is 16.0. The second-order valence-corrected chi connectivity index (χ2v) is 15.9. The normalized spacial score (nSPS) is 50.2. The van der Waals surface area contributed by atoms with Gasteiger partial charge in [-0.3, -0.25) is 4.18 Å². The van der Waals surface area contributed by atoms with E-state index in [0.717, 1.165) is 25.7 Å². The van der Waals surface area contributed by atoms with Gasteiger partial charge in [-0.2, -0.15) is 0 Å². The number of hydrogen-bond donors (Lipinski definition) is 2. The number of fused-ring (bicyclic) bond motifs is 2. The first-order valence-electron chi connectivity index (χ1n) is 14.7. The second kappa shape index (κ2) is 8.76. The molecule has 6 nitrogen and oxygen atoms in total. The Morgan fingerprint density at radius 1 is 1.00 bits per heavy atom. The number of hydrogen-bond acceptors (Lipinski definition) is 6. The highest BCUT2D eigenvalue weighted by atomic mass is 32.3. The summed E-state index contributed by atoms with van der Waals surface area (Å²) in [6, 6.07) is 0. The first-order chi connectivity index (χ1) is 17.1. The van der Waals surface area contributed by atoms with Crippen molar-refractivity contribution in [3.8, 4) is 0 Å². The van der Waals surface area contributed by atoms with Crippen LogP contribution in [0.25, 0.3) is 0 Å². The Bertz CT molecular complexity index is 1050. The molecule has 37 heavy (non-hydrogen) atoms. The van der Waals surface area contributed by atoms with E-state index >= 15 is 0 Å². The van der Waals surface area contributed by atoms with Crippen LogP contribution in [-0.4, -0.2) is 42.0 Å². The van der Waals surface area contributed by atoms with Crippen LogP contribution in [0.3, 0.4) is 0 Å². The molecule has 0 radical (unpaired) electrons. The van der Waals surface area contributed by atoms with Crippen molar-refractivity contribution in [2.75, 3.05) is 6.61 Å². The third-order valence-electron chi connectivity index (χ3n) is 13.3. The molecule has 5 rings (SSSR count). The third kappa shape index (κ3) is 3.88. The van der Waals surface area contributed by atoms with E-state index in [-0.39, 0.29) is 40.3 Å². The maximum Gasteiger partial charge on any atom is 0.217 e. The van der Waals surface area contributed by atoms with E-state index in [9.17, 15) is 23.2 Å². The molecule has 5 aliphatic carbocycles. The van der Waals surface area contributed by atoms with Crippen molar-refractivity contribution in [3.05, 3.63) is 11.6 Å². The zero-order chi connectivity index (χ0) is 27.2. The van der Waals surface area contributed by atoms with Crippen LogP contribution in [0.4, 0.5) is 0 Å². The molecule has 5 saturated carbocycles. The van der Waals surface area contributed by atoms with Gasteiger partial charge >= 0.3 is 0 Å². The molecule has 0 heterocycles. The zero-order valence-corrected chi connectivity index (χ0v) is 24.6. The lowest BCUT2D eigenvalue weighted by Gasteiger charge is -2.63. The molecule has 2 spiro atoms. The van der Waals surface area contributed by atoms with Gasteiger partial charge in [0.1, 0.15) is 0 Å². The van der Waals surface area contributed by atoms with Crippen molar-refractivity contribution >= 4 is 10.4 Å². The molecule has 0 aromatic carbocycles. The van der Waals surface area contributed by atoms with E-state index in [2.05, 4.69) is 20.8 Å². The summed E-state index contributed by atoms with van der Waals surface area (Å²) in [6.45, 7) is 13.4. The van der Waals surface area contributed by atoms with Gasteiger partial charge in [0.2, 0.25) is 10.4 Å². The molecule has 212 valence electrons. The summed E-state index contributed by atoms with van der Waals surface area (Å²) in [7, 11) is -4.82. The molecule has 0 bridgehead atoms. The Morgan fingerprint density at radius 3 is 2.27 bits per heavy atom. The molecule has 1 unspecified atom stereocenters. The molecular weight excluding hydrogens is 488 g/mol. The predicted molar refractivity (Wildman–Crippen MR) is 142 cm³/mol. The molecule has 11 atom stereocenters. The van der Waals surface area contributed by atoms with Gasteiger partial charge in [-0.05, 0) is 123 Å². The largest absolute Gasteiger partial charge is 0.726 e. The standard InChI is InChI=1S/C30H50O6S/c1-19(2)15-21(32)16-20(3)22-9-11-28(6)24-8-7-23-26(4,18-31)25(36-37(33,34)35)10-12-29(23)17-30(24,29)14-13-27(22,28)5/h15,20-25,31-32H,7-14,16-18H2,1-6H3,(H,33,34,35)/p-1/t20-,21+,22-,23?,24+,25+,26+,27-,28+,29-,30+/m1/s1. The Hall–Kier alpha value is -0.470. The van der Waals surface area contributed by atoms with Gasteiger partial charge < -0.3 is 14.8 Å². The monoisotopic (exact) mass is 537 g/mol. The van der Waals surface area contributed by atoms with Gasteiger partial charge in [0.05, 0.1) is 18.8 Å². The van der Waals surface area contributed by atoms with Crippen molar-refractivity contribution in [2.45, 2.75) is 118 Å². The van der Waals surface area contributed by atoms with Gasteiger partial charge in [-0.15, -0.1) is 0 Å². The topological polar surface area (TPSA) is 107 Å². The number of allylic oxidation sites excluding steroid dienone is 1. The van der Waals surface area contributed by atoms with Crippen molar-refractivity contribution in [3.63, 3.8) is 0 Å². The highest BCUT2D eigenvalue weighted by Gasteiger charge is 2.82. The predicted octanol–water partition coefficient (Wildman–Crippen LogP) is 5.60. The maximum absolute atomic E-state index is 11.5. The average molecular weight is 538 g/mol. The molecule has 0 amide bonds. The van der Waals surface area contributed by atoms with E-state index in [1.165, 1.54) is 37.7 Å². The van der Waals surface area contributed by atoms with E-state index in [4.69, 9.17) is 4.18 Å². The second-order valence-electron chi connectivity index (χ2n) is 14.9. The number of rotatable bonds is 7. The summed E-state index contributed by atoms with van der Waals surface area (Å²) in [4.78, 5) is 0. The first kappa shape index (κ1) is 28.1. The lowest BCUT2D eigenvalue weighted by atomic mass is 9.41. The van der Waals surface area contributed by atoms with Crippen molar-refractivity contribution in [1.82, 2.24) is 0 Å². The molecule has 0 aromatic heterocycles. The number of aliphatic hydroxyl groups is 2. The fraction of sp³-hybridized carbons (Fsp3) is 0.933. The van der Waals surface area contributed by atoms with Crippen LogP contribution in [0.5, 0.6) is 0 Å².